The Bertz CT molecular complexity index is 477. The van der Waals surface area contributed by atoms with Crippen molar-refractivity contribution in [2.75, 3.05) is 7.05 Å². The standard InChI is InChI=1S/C14H18N2S2/c1-3-14-16-12(10-18-14)9-17-13-6-4-11(5-7-13)8-15-2/h4-7,10,15H,3,8-9H2,1-2H3. The minimum atomic E-state index is 0.927. The Balaban J connectivity index is 1.89. The highest BCUT2D eigenvalue weighted by Crippen LogP contribution is 2.24. The number of aryl methyl sites for hydroxylation is 1. The van der Waals surface area contributed by atoms with Gasteiger partial charge in [0, 0.05) is 22.6 Å². The van der Waals surface area contributed by atoms with Gasteiger partial charge < -0.3 is 5.32 Å². The summed E-state index contributed by atoms with van der Waals surface area (Å²) in [5.74, 6) is 0.960. The molecule has 2 aromatic rings. The number of aromatic nitrogens is 1. The molecule has 0 fully saturated rings. The number of nitrogens with zero attached hydrogens (tertiary/aromatic N) is 1. The van der Waals surface area contributed by atoms with E-state index in [4.69, 9.17) is 0 Å². The first kappa shape index (κ1) is 13.6. The average Bonchev–Trinajstić information content (AvgIpc) is 2.86. The van der Waals surface area contributed by atoms with E-state index in [2.05, 4.69) is 46.9 Å². The summed E-state index contributed by atoms with van der Waals surface area (Å²) in [4.78, 5) is 5.88. The second-order valence-electron chi connectivity index (χ2n) is 4.05. The Labute approximate surface area is 117 Å². The van der Waals surface area contributed by atoms with Crippen molar-refractivity contribution in [1.29, 1.82) is 0 Å². The summed E-state index contributed by atoms with van der Waals surface area (Å²) in [5.41, 5.74) is 2.52. The number of benzene rings is 1. The van der Waals surface area contributed by atoms with Gasteiger partial charge in [0.15, 0.2) is 0 Å². The van der Waals surface area contributed by atoms with E-state index in [-0.39, 0.29) is 0 Å². The molecule has 0 saturated carbocycles. The maximum atomic E-state index is 4.58. The summed E-state index contributed by atoms with van der Waals surface area (Å²) in [6.07, 6.45) is 1.04. The summed E-state index contributed by atoms with van der Waals surface area (Å²) in [5, 5.41) is 6.55. The van der Waals surface area contributed by atoms with Crippen LogP contribution in [-0.2, 0) is 18.7 Å². The number of rotatable bonds is 6. The van der Waals surface area contributed by atoms with Crippen LogP contribution in [0.5, 0.6) is 0 Å². The summed E-state index contributed by atoms with van der Waals surface area (Å²) >= 11 is 3.61. The number of hydrogen-bond acceptors (Lipinski definition) is 4. The third-order valence-corrected chi connectivity index (χ3v) is 4.68. The largest absolute Gasteiger partial charge is 0.316 e. The zero-order valence-corrected chi connectivity index (χ0v) is 12.4. The van der Waals surface area contributed by atoms with Crippen LogP contribution in [0.3, 0.4) is 0 Å². The van der Waals surface area contributed by atoms with Crippen molar-refractivity contribution in [3.63, 3.8) is 0 Å². The maximum Gasteiger partial charge on any atom is 0.0925 e. The van der Waals surface area contributed by atoms with Crippen LogP contribution in [0.4, 0.5) is 0 Å². The van der Waals surface area contributed by atoms with Crippen LogP contribution < -0.4 is 5.32 Å². The lowest BCUT2D eigenvalue weighted by atomic mass is 10.2. The first-order chi connectivity index (χ1) is 8.81. The highest BCUT2D eigenvalue weighted by molar-refractivity contribution is 7.98. The summed E-state index contributed by atoms with van der Waals surface area (Å²) in [7, 11) is 1.97. The third kappa shape index (κ3) is 3.83. The van der Waals surface area contributed by atoms with Crippen molar-refractivity contribution in [2.45, 2.75) is 30.5 Å². The normalized spacial score (nSPS) is 10.8. The highest BCUT2D eigenvalue weighted by Gasteiger charge is 2.01. The van der Waals surface area contributed by atoms with E-state index in [1.54, 1.807) is 11.3 Å². The fourth-order valence-electron chi connectivity index (χ4n) is 1.64. The van der Waals surface area contributed by atoms with Crippen molar-refractivity contribution < 1.29 is 0 Å². The molecule has 0 bridgehead atoms. The number of thiazole rings is 1. The Morgan fingerprint density at radius 1 is 1.28 bits per heavy atom. The van der Waals surface area contributed by atoms with Crippen LogP contribution in [0.1, 0.15) is 23.2 Å². The zero-order valence-electron chi connectivity index (χ0n) is 10.8. The molecule has 1 aromatic heterocycles. The molecule has 0 radical (unpaired) electrons. The minimum absolute atomic E-state index is 0.927. The fraction of sp³-hybridized carbons (Fsp3) is 0.357. The van der Waals surface area contributed by atoms with Gasteiger partial charge in [0.2, 0.25) is 0 Å². The van der Waals surface area contributed by atoms with Gasteiger partial charge in [-0.3, -0.25) is 0 Å². The molecule has 2 rings (SSSR count). The van der Waals surface area contributed by atoms with Crippen molar-refractivity contribution >= 4 is 23.1 Å². The molecule has 2 nitrogen and oxygen atoms in total. The van der Waals surface area contributed by atoms with Crippen molar-refractivity contribution in [3.05, 3.63) is 45.9 Å². The molecule has 18 heavy (non-hydrogen) atoms. The first-order valence-electron chi connectivity index (χ1n) is 6.11. The van der Waals surface area contributed by atoms with Crippen LogP contribution in [0, 0.1) is 0 Å². The van der Waals surface area contributed by atoms with Gasteiger partial charge in [-0.1, -0.05) is 19.1 Å². The van der Waals surface area contributed by atoms with Crippen LogP contribution in [0.15, 0.2) is 34.5 Å². The molecule has 1 heterocycles. The fourth-order valence-corrected chi connectivity index (χ4v) is 3.28. The quantitative estimate of drug-likeness (QED) is 0.815. The highest BCUT2D eigenvalue weighted by atomic mass is 32.2. The summed E-state index contributed by atoms with van der Waals surface area (Å²) in [6.45, 7) is 3.08. The van der Waals surface area contributed by atoms with Gasteiger partial charge in [0.25, 0.3) is 0 Å². The molecule has 0 amide bonds. The molecule has 0 spiro atoms. The third-order valence-electron chi connectivity index (χ3n) is 2.59. The Kier molecular flexibility index (Phi) is 5.23. The molecule has 0 aliphatic rings. The predicted molar refractivity (Wildman–Crippen MR) is 80.3 cm³/mol. The van der Waals surface area contributed by atoms with Gasteiger partial charge in [-0.2, -0.15) is 0 Å². The van der Waals surface area contributed by atoms with E-state index in [1.807, 2.05) is 18.8 Å². The lowest BCUT2D eigenvalue weighted by Crippen LogP contribution is -2.04. The van der Waals surface area contributed by atoms with Gasteiger partial charge in [0.1, 0.15) is 0 Å². The van der Waals surface area contributed by atoms with Crippen molar-refractivity contribution in [3.8, 4) is 0 Å². The van der Waals surface area contributed by atoms with Gasteiger partial charge in [-0.15, -0.1) is 23.1 Å². The molecule has 1 aromatic carbocycles. The monoisotopic (exact) mass is 278 g/mol. The average molecular weight is 278 g/mol. The topological polar surface area (TPSA) is 24.9 Å². The molecule has 0 aliphatic heterocycles. The number of thioether (sulfide) groups is 1. The molecule has 0 atom stereocenters. The Hall–Kier alpha value is -0.840. The Morgan fingerprint density at radius 3 is 2.67 bits per heavy atom. The lowest BCUT2D eigenvalue weighted by molar-refractivity contribution is 0.817. The summed E-state index contributed by atoms with van der Waals surface area (Å²) in [6, 6.07) is 8.73. The molecular formula is C14H18N2S2. The molecule has 1 N–H and O–H groups in total. The predicted octanol–water partition coefficient (Wildman–Crippen LogP) is 3.72. The van der Waals surface area contributed by atoms with Crippen molar-refractivity contribution in [1.82, 2.24) is 10.3 Å². The number of hydrogen-bond donors (Lipinski definition) is 1. The van der Waals surface area contributed by atoms with Crippen LogP contribution in [0.25, 0.3) is 0 Å². The van der Waals surface area contributed by atoms with E-state index in [1.165, 1.54) is 21.2 Å². The van der Waals surface area contributed by atoms with E-state index < -0.39 is 0 Å². The van der Waals surface area contributed by atoms with Gasteiger partial charge in [-0.25, -0.2) is 4.98 Å². The molecule has 96 valence electrons. The van der Waals surface area contributed by atoms with Crippen LogP contribution in [-0.4, -0.2) is 12.0 Å². The van der Waals surface area contributed by atoms with E-state index in [9.17, 15) is 0 Å². The maximum absolute atomic E-state index is 4.58. The molecule has 4 heteroatoms. The van der Waals surface area contributed by atoms with Gasteiger partial charge in [-0.05, 0) is 31.2 Å². The molecule has 0 saturated heterocycles. The van der Waals surface area contributed by atoms with Crippen LogP contribution in [0.2, 0.25) is 0 Å². The Morgan fingerprint density at radius 2 is 2.06 bits per heavy atom. The van der Waals surface area contributed by atoms with Crippen LogP contribution >= 0.6 is 23.1 Å². The zero-order chi connectivity index (χ0) is 12.8. The molecule has 0 aliphatic carbocycles. The minimum Gasteiger partial charge on any atom is -0.316 e. The first-order valence-corrected chi connectivity index (χ1v) is 7.98. The van der Waals surface area contributed by atoms with Crippen molar-refractivity contribution in [2.24, 2.45) is 0 Å². The second-order valence-corrected chi connectivity index (χ2v) is 6.04. The smallest absolute Gasteiger partial charge is 0.0925 e. The lowest BCUT2D eigenvalue weighted by Gasteiger charge is -2.02. The number of nitrogens with one attached hydrogen (secondary N) is 1. The molecule has 0 unspecified atom stereocenters. The SMILES string of the molecule is CCc1nc(CSc2ccc(CNC)cc2)cs1. The van der Waals surface area contributed by atoms with Gasteiger partial charge in [0.05, 0.1) is 10.7 Å². The van der Waals surface area contributed by atoms with E-state index in [0.717, 1.165) is 18.7 Å². The molecular weight excluding hydrogens is 260 g/mol. The summed E-state index contributed by atoms with van der Waals surface area (Å²) < 4.78 is 0. The van der Waals surface area contributed by atoms with Gasteiger partial charge >= 0.3 is 0 Å². The van der Waals surface area contributed by atoms with E-state index >= 15 is 0 Å². The second kappa shape index (κ2) is 6.92. The van der Waals surface area contributed by atoms with E-state index in [0.29, 0.717) is 0 Å².